The molecule has 0 aliphatic carbocycles. The Morgan fingerprint density at radius 1 is 1.16 bits per heavy atom. The molecule has 0 saturated heterocycles. The molecule has 0 fully saturated rings. The van der Waals surface area contributed by atoms with E-state index in [1.165, 1.54) is 16.3 Å². The van der Waals surface area contributed by atoms with E-state index < -0.39 is 17.3 Å². The van der Waals surface area contributed by atoms with E-state index >= 15 is 0 Å². The number of hydrogen-bond acceptors (Lipinski definition) is 3. The van der Waals surface area contributed by atoms with E-state index in [0.29, 0.717) is 11.4 Å². The van der Waals surface area contributed by atoms with Gasteiger partial charge in [-0.25, -0.2) is 9.48 Å². The zero-order valence-corrected chi connectivity index (χ0v) is 10.5. The number of carboxylic acids is 1. The lowest BCUT2D eigenvalue weighted by Crippen LogP contribution is -2.25. The highest BCUT2D eigenvalue weighted by molar-refractivity contribution is 6.40. The molecule has 2 rings (SSSR count). The summed E-state index contributed by atoms with van der Waals surface area (Å²) in [6, 6.07) is 8.71. The Morgan fingerprint density at radius 2 is 1.74 bits per heavy atom. The molecule has 0 saturated carbocycles. The van der Waals surface area contributed by atoms with Gasteiger partial charge in [0.1, 0.15) is 5.56 Å². The lowest BCUT2D eigenvalue weighted by atomic mass is 10.2. The van der Waals surface area contributed by atoms with Crippen LogP contribution in [0.1, 0.15) is 16.1 Å². The Morgan fingerprint density at radius 3 is 2.26 bits per heavy atom. The van der Waals surface area contributed by atoms with Crippen molar-refractivity contribution in [1.29, 1.82) is 0 Å². The van der Waals surface area contributed by atoms with Crippen molar-refractivity contribution in [2.45, 2.75) is 6.92 Å². The van der Waals surface area contributed by atoms with Crippen molar-refractivity contribution in [3.05, 3.63) is 51.9 Å². The van der Waals surface area contributed by atoms with Gasteiger partial charge in [0.2, 0.25) is 0 Å². The van der Waals surface area contributed by atoms with Crippen LogP contribution in [0, 0.1) is 6.92 Å². The Hall–Kier alpha value is -2.63. The van der Waals surface area contributed by atoms with Crippen molar-refractivity contribution in [2.75, 3.05) is 0 Å². The summed E-state index contributed by atoms with van der Waals surface area (Å²) < 4.78 is 2.74. The first-order valence-corrected chi connectivity index (χ1v) is 5.56. The number of carbonyl (C=O) groups is 2. The summed E-state index contributed by atoms with van der Waals surface area (Å²) in [4.78, 5) is 34.5. The lowest BCUT2D eigenvalue weighted by molar-refractivity contribution is -0.131. The van der Waals surface area contributed by atoms with Crippen LogP contribution >= 0.6 is 0 Å². The molecule has 1 aromatic carbocycles. The topological polar surface area (TPSA) is 81.3 Å². The van der Waals surface area contributed by atoms with Crippen LogP contribution in [0.5, 0.6) is 0 Å². The Bertz CT molecular complexity index is 710. The maximum absolute atomic E-state index is 12.2. The van der Waals surface area contributed by atoms with E-state index in [2.05, 4.69) is 0 Å². The second kappa shape index (κ2) is 4.56. The Labute approximate surface area is 108 Å². The first-order chi connectivity index (χ1) is 8.95. The molecule has 0 radical (unpaired) electrons. The molecule has 0 aliphatic rings. The zero-order valence-electron chi connectivity index (χ0n) is 10.5. The van der Waals surface area contributed by atoms with Crippen LogP contribution in [-0.4, -0.2) is 26.2 Å². The number of hydrogen-bond donors (Lipinski definition) is 1. The summed E-state index contributed by atoms with van der Waals surface area (Å²) in [5, 5.41) is 8.75. The fourth-order valence-electron chi connectivity index (χ4n) is 1.94. The van der Waals surface area contributed by atoms with Crippen molar-refractivity contribution < 1.29 is 14.7 Å². The minimum Gasteiger partial charge on any atom is -0.475 e. The van der Waals surface area contributed by atoms with Gasteiger partial charge in [0, 0.05) is 12.7 Å². The predicted octanol–water partition coefficient (Wildman–Crippen LogP) is 0.752. The molecular formula is C13H12N2O4. The van der Waals surface area contributed by atoms with Crippen molar-refractivity contribution in [3.8, 4) is 5.69 Å². The third-order valence-corrected chi connectivity index (χ3v) is 2.98. The van der Waals surface area contributed by atoms with Crippen molar-refractivity contribution in [2.24, 2.45) is 7.05 Å². The molecule has 6 nitrogen and oxygen atoms in total. The van der Waals surface area contributed by atoms with Gasteiger partial charge in [-0.05, 0) is 19.1 Å². The number of aliphatic carboxylic acids is 1. The van der Waals surface area contributed by atoms with Gasteiger partial charge in [0.15, 0.2) is 0 Å². The smallest absolute Gasteiger partial charge is 0.377 e. The standard InChI is InChI=1S/C13H12N2O4/c1-8-10(11(16)13(18)19)12(17)15(14(8)2)9-6-4-3-5-7-9/h3-7H,1-2H3,(H,18,19). The molecule has 1 N–H and O–H groups in total. The van der Waals surface area contributed by atoms with Gasteiger partial charge in [-0.2, -0.15) is 0 Å². The van der Waals surface area contributed by atoms with Crippen LogP contribution in [-0.2, 0) is 11.8 Å². The maximum Gasteiger partial charge on any atom is 0.377 e. The molecule has 0 amide bonds. The number of nitrogens with zero attached hydrogens (tertiary/aromatic N) is 2. The van der Waals surface area contributed by atoms with Gasteiger partial charge in [-0.15, -0.1) is 0 Å². The minimum absolute atomic E-state index is 0.307. The van der Waals surface area contributed by atoms with Gasteiger partial charge in [-0.3, -0.25) is 14.3 Å². The molecule has 0 spiro atoms. The molecular weight excluding hydrogens is 248 g/mol. The van der Waals surface area contributed by atoms with Gasteiger partial charge in [0.25, 0.3) is 11.3 Å². The maximum atomic E-state index is 12.2. The molecule has 1 heterocycles. The summed E-state index contributed by atoms with van der Waals surface area (Å²) in [5.41, 5.74) is -0.0405. The fourth-order valence-corrected chi connectivity index (χ4v) is 1.94. The quantitative estimate of drug-likeness (QED) is 0.652. The highest BCUT2D eigenvalue weighted by atomic mass is 16.4. The van der Waals surface area contributed by atoms with E-state index in [9.17, 15) is 14.4 Å². The summed E-state index contributed by atoms with van der Waals surface area (Å²) in [5.74, 6) is -2.82. The van der Waals surface area contributed by atoms with Gasteiger partial charge in [-0.1, -0.05) is 18.2 Å². The highest BCUT2D eigenvalue weighted by Gasteiger charge is 2.26. The fraction of sp³-hybridized carbons (Fsp3) is 0.154. The first kappa shape index (κ1) is 12.8. The molecule has 1 aromatic heterocycles. The van der Waals surface area contributed by atoms with Crippen molar-refractivity contribution in [3.63, 3.8) is 0 Å². The minimum atomic E-state index is -1.63. The SMILES string of the molecule is Cc1c(C(=O)C(=O)O)c(=O)n(-c2ccccc2)n1C. The number of benzene rings is 1. The molecule has 0 atom stereocenters. The summed E-state index contributed by atoms with van der Waals surface area (Å²) >= 11 is 0. The monoisotopic (exact) mass is 260 g/mol. The zero-order chi connectivity index (χ0) is 14.2. The number of Topliss-reactive ketones (excluding diaryl/α,β-unsaturated/α-hetero) is 1. The molecule has 0 aliphatic heterocycles. The first-order valence-electron chi connectivity index (χ1n) is 5.56. The average molecular weight is 260 g/mol. The van der Waals surface area contributed by atoms with E-state index in [0.717, 1.165) is 0 Å². The Balaban J connectivity index is 2.74. The molecule has 19 heavy (non-hydrogen) atoms. The van der Waals surface area contributed by atoms with Crippen LogP contribution in [0.25, 0.3) is 5.69 Å². The van der Waals surface area contributed by atoms with E-state index in [1.807, 2.05) is 0 Å². The second-order valence-corrected chi connectivity index (χ2v) is 4.07. The Kier molecular flexibility index (Phi) is 3.08. The number of ketones is 1. The molecule has 2 aromatic rings. The van der Waals surface area contributed by atoms with E-state index in [-0.39, 0.29) is 5.56 Å². The third kappa shape index (κ3) is 1.97. The summed E-state index contributed by atoms with van der Waals surface area (Å²) in [6.07, 6.45) is 0. The number of carboxylic acid groups (broad SMARTS) is 1. The van der Waals surface area contributed by atoms with Crippen LogP contribution < -0.4 is 5.56 Å². The number of rotatable bonds is 3. The van der Waals surface area contributed by atoms with Crippen LogP contribution in [0.4, 0.5) is 0 Å². The summed E-state index contributed by atoms with van der Waals surface area (Å²) in [7, 11) is 1.60. The number of para-hydroxylation sites is 1. The van der Waals surface area contributed by atoms with Gasteiger partial charge >= 0.3 is 5.97 Å². The van der Waals surface area contributed by atoms with Gasteiger partial charge in [0.05, 0.1) is 5.69 Å². The van der Waals surface area contributed by atoms with E-state index in [4.69, 9.17) is 5.11 Å². The summed E-state index contributed by atoms with van der Waals surface area (Å²) in [6.45, 7) is 1.54. The van der Waals surface area contributed by atoms with Crippen molar-refractivity contribution in [1.82, 2.24) is 9.36 Å². The highest BCUT2D eigenvalue weighted by Crippen LogP contribution is 2.10. The van der Waals surface area contributed by atoms with Crippen LogP contribution in [0.3, 0.4) is 0 Å². The lowest BCUT2D eigenvalue weighted by Gasteiger charge is -2.07. The van der Waals surface area contributed by atoms with Gasteiger partial charge < -0.3 is 5.11 Å². The molecule has 0 bridgehead atoms. The van der Waals surface area contributed by atoms with E-state index in [1.54, 1.807) is 37.4 Å². The second-order valence-electron chi connectivity index (χ2n) is 4.07. The third-order valence-electron chi connectivity index (χ3n) is 2.98. The average Bonchev–Trinajstić information content (AvgIpc) is 2.61. The van der Waals surface area contributed by atoms with Crippen molar-refractivity contribution >= 4 is 11.8 Å². The predicted molar refractivity (Wildman–Crippen MR) is 67.7 cm³/mol. The largest absolute Gasteiger partial charge is 0.475 e. The van der Waals surface area contributed by atoms with Crippen LogP contribution in [0.2, 0.25) is 0 Å². The molecule has 6 heteroatoms. The molecule has 98 valence electrons. The van der Waals surface area contributed by atoms with Crippen LogP contribution in [0.15, 0.2) is 35.1 Å². The molecule has 0 unspecified atom stereocenters. The normalized spacial score (nSPS) is 10.4. The number of carbonyl (C=O) groups excluding carboxylic acids is 1. The number of aromatic nitrogens is 2.